The van der Waals surface area contributed by atoms with Gasteiger partial charge in [-0.3, -0.25) is 4.79 Å². The maximum atomic E-state index is 12.5. The van der Waals surface area contributed by atoms with Gasteiger partial charge in [-0.05, 0) is 18.8 Å². The average Bonchev–Trinajstić information content (AvgIpc) is 2.40. The zero-order valence-electron chi connectivity index (χ0n) is 12.6. The molecule has 0 saturated carbocycles. The lowest BCUT2D eigenvalue weighted by Crippen LogP contribution is -2.51. The van der Waals surface area contributed by atoms with Crippen molar-refractivity contribution in [1.29, 1.82) is 0 Å². The highest BCUT2D eigenvalue weighted by atomic mass is 16.5. The number of nitrogens with zero attached hydrogens (tertiary/aromatic N) is 1. The summed E-state index contributed by atoms with van der Waals surface area (Å²) in [6, 6.07) is -0.129. The highest BCUT2D eigenvalue weighted by Gasteiger charge is 2.28. The monoisotopic (exact) mass is 258 g/mol. The topological polar surface area (TPSA) is 55.6 Å². The highest BCUT2D eigenvalue weighted by Crippen LogP contribution is 2.14. The summed E-state index contributed by atoms with van der Waals surface area (Å²) in [6.07, 6.45) is 2.84. The lowest BCUT2D eigenvalue weighted by Gasteiger charge is -2.33. The number of amides is 1. The molecule has 18 heavy (non-hydrogen) atoms. The van der Waals surface area contributed by atoms with Gasteiger partial charge in [0, 0.05) is 19.7 Å². The number of nitrogens with two attached hydrogens (primary N) is 1. The van der Waals surface area contributed by atoms with E-state index in [0.29, 0.717) is 13.2 Å². The van der Waals surface area contributed by atoms with E-state index < -0.39 is 6.04 Å². The predicted molar refractivity (Wildman–Crippen MR) is 75.4 cm³/mol. The van der Waals surface area contributed by atoms with E-state index in [-0.39, 0.29) is 17.9 Å². The van der Waals surface area contributed by atoms with Crippen molar-refractivity contribution in [3.8, 4) is 0 Å². The van der Waals surface area contributed by atoms with Gasteiger partial charge in [-0.15, -0.1) is 0 Å². The molecule has 2 N–H and O–H groups in total. The first-order chi connectivity index (χ1) is 8.53. The number of ether oxygens (including phenoxy) is 1. The summed E-state index contributed by atoms with van der Waals surface area (Å²) in [5, 5.41) is 0. The molecule has 0 aliphatic carbocycles. The van der Waals surface area contributed by atoms with Gasteiger partial charge in [0.1, 0.15) is 0 Å². The van der Waals surface area contributed by atoms with E-state index in [9.17, 15) is 4.79 Å². The second kappa shape index (κ2) is 9.34. The molecule has 0 unspecified atom stereocenters. The third-order valence-corrected chi connectivity index (χ3v) is 3.74. The van der Waals surface area contributed by atoms with Crippen molar-refractivity contribution in [2.45, 2.75) is 59.0 Å². The summed E-state index contributed by atoms with van der Waals surface area (Å²) in [4.78, 5) is 14.4. The first kappa shape index (κ1) is 17.4. The third kappa shape index (κ3) is 4.94. The van der Waals surface area contributed by atoms with Crippen LogP contribution in [0.15, 0.2) is 0 Å². The standard InChI is InChI=1S/C14H30N2O2/c1-6-11(4)13(15)14(17)16(9-10-18-5)12(7-2)8-3/h11-13H,6-10,15H2,1-5H3/t11-,13-/m0/s1. The molecule has 0 rings (SSSR count). The second-order valence-corrected chi connectivity index (χ2v) is 4.91. The molecule has 0 heterocycles. The minimum Gasteiger partial charge on any atom is -0.383 e. The Labute approximate surface area is 112 Å². The van der Waals surface area contributed by atoms with E-state index in [4.69, 9.17) is 10.5 Å². The Balaban J connectivity index is 4.77. The van der Waals surface area contributed by atoms with Crippen molar-refractivity contribution in [2.24, 2.45) is 11.7 Å². The van der Waals surface area contributed by atoms with Crippen molar-refractivity contribution in [3.05, 3.63) is 0 Å². The Hall–Kier alpha value is -0.610. The summed E-state index contributed by atoms with van der Waals surface area (Å²) in [5.74, 6) is 0.284. The minimum absolute atomic E-state index is 0.0649. The molecule has 1 amide bonds. The fourth-order valence-corrected chi connectivity index (χ4v) is 2.08. The van der Waals surface area contributed by atoms with Crippen LogP contribution in [0.4, 0.5) is 0 Å². The van der Waals surface area contributed by atoms with Gasteiger partial charge in [-0.1, -0.05) is 34.1 Å². The maximum Gasteiger partial charge on any atom is 0.240 e. The Bertz CT molecular complexity index is 230. The molecule has 4 heteroatoms. The van der Waals surface area contributed by atoms with E-state index in [0.717, 1.165) is 19.3 Å². The normalized spacial score (nSPS) is 14.6. The zero-order valence-corrected chi connectivity index (χ0v) is 12.6. The van der Waals surface area contributed by atoms with Gasteiger partial charge in [0.15, 0.2) is 0 Å². The van der Waals surface area contributed by atoms with E-state index in [1.807, 2.05) is 11.8 Å². The molecule has 108 valence electrons. The van der Waals surface area contributed by atoms with Crippen LogP contribution >= 0.6 is 0 Å². The molecule has 0 bridgehead atoms. The van der Waals surface area contributed by atoms with E-state index >= 15 is 0 Å². The largest absolute Gasteiger partial charge is 0.383 e. The van der Waals surface area contributed by atoms with Crippen LogP contribution < -0.4 is 5.73 Å². The molecular formula is C14H30N2O2. The molecule has 0 aliphatic rings. The lowest BCUT2D eigenvalue weighted by molar-refractivity contribution is -0.137. The van der Waals surface area contributed by atoms with Crippen LogP contribution in [0.25, 0.3) is 0 Å². The molecule has 4 nitrogen and oxygen atoms in total. The van der Waals surface area contributed by atoms with Gasteiger partial charge in [0.05, 0.1) is 12.6 Å². The van der Waals surface area contributed by atoms with Gasteiger partial charge < -0.3 is 15.4 Å². The summed E-state index contributed by atoms with van der Waals surface area (Å²) in [6.45, 7) is 9.51. The van der Waals surface area contributed by atoms with Gasteiger partial charge in [0.2, 0.25) is 5.91 Å². The number of hydrogen-bond acceptors (Lipinski definition) is 3. The summed E-state index contributed by atoms with van der Waals surface area (Å²) >= 11 is 0. The van der Waals surface area contributed by atoms with Crippen molar-refractivity contribution in [2.75, 3.05) is 20.3 Å². The van der Waals surface area contributed by atoms with Crippen LogP contribution in [0.3, 0.4) is 0 Å². The van der Waals surface area contributed by atoms with Crippen molar-refractivity contribution in [1.82, 2.24) is 4.90 Å². The third-order valence-electron chi connectivity index (χ3n) is 3.74. The molecule has 0 fully saturated rings. The minimum atomic E-state index is -0.396. The fraction of sp³-hybridized carbons (Fsp3) is 0.929. The maximum absolute atomic E-state index is 12.5. The molecule has 0 spiro atoms. The molecule has 0 aliphatic heterocycles. The van der Waals surface area contributed by atoms with Crippen molar-refractivity contribution < 1.29 is 9.53 Å². The first-order valence-electron chi connectivity index (χ1n) is 7.08. The van der Waals surface area contributed by atoms with Crippen LogP contribution in [-0.4, -0.2) is 43.2 Å². The fourth-order valence-electron chi connectivity index (χ4n) is 2.08. The average molecular weight is 258 g/mol. The number of methoxy groups -OCH3 is 1. The van der Waals surface area contributed by atoms with Crippen LogP contribution in [0.1, 0.15) is 47.0 Å². The SMILES string of the molecule is CCC(CC)N(CCOC)C(=O)[C@@H](N)[C@@H](C)CC. The Kier molecular flexibility index (Phi) is 9.02. The van der Waals surface area contributed by atoms with E-state index in [2.05, 4.69) is 20.8 Å². The van der Waals surface area contributed by atoms with Gasteiger partial charge in [-0.2, -0.15) is 0 Å². The van der Waals surface area contributed by atoms with Gasteiger partial charge in [0.25, 0.3) is 0 Å². The number of carbonyl (C=O) groups excluding carboxylic acids is 1. The van der Waals surface area contributed by atoms with Crippen LogP contribution in [0.5, 0.6) is 0 Å². The Morgan fingerprint density at radius 1 is 1.22 bits per heavy atom. The molecule has 0 aromatic carbocycles. The highest BCUT2D eigenvalue weighted by molar-refractivity contribution is 5.82. The molecule has 0 saturated heterocycles. The Morgan fingerprint density at radius 2 is 1.78 bits per heavy atom. The van der Waals surface area contributed by atoms with Gasteiger partial charge in [-0.25, -0.2) is 0 Å². The van der Waals surface area contributed by atoms with Crippen molar-refractivity contribution in [3.63, 3.8) is 0 Å². The summed E-state index contributed by atoms with van der Waals surface area (Å²) in [7, 11) is 1.66. The summed E-state index contributed by atoms with van der Waals surface area (Å²) in [5.41, 5.74) is 6.06. The second-order valence-electron chi connectivity index (χ2n) is 4.91. The predicted octanol–water partition coefficient (Wildman–Crippen LogP) is 2.02. The first-order valence-corrected chi connectivity index (χ1v) is 7.08. The molecule has 0 aromatic heterocycles. The molecular weight excluding hydrogens is 228 g/mol. The number of carbonyl (C=O) groups is 1. The number of rotatable bonds is 9. The van der Waals surface area contributed by atoms with Gasteiger partial charge >= 0.3 is 0 Å². The zero-order chi connectivity index (χ0) is 14.1. The number of hydrogen-bond donors (Lipinski definition) is 1. The Morgan fingerprint density at radius 3 is 2.17 bits per heavy atom. The van der Waals surface area contributed by atoms with Crippen LogP contribution in [0.2, 0.25) is 0 Å². The summed E-state index contributed by atoms with van der Waals surface area (Å²) < 4.78 is 5.09. The smallest absolute Gasteiger partial charge is 0.240 e. The lowest BCUT2D eigenvalue weighted by atomic mass is 9.97. The van der Waals surface area contributed by atoms with Crippen LogP contribution in [-0.2, 0) is 9.53 Å². The van der Waals surface area contributed by atoms with E-state index in [1.54, 1.807) is 7.11 Å². The molecule has 0 radical (unpaired) electrons. The molecule has 0 aromatic rings. The quantitative estimate of drug-likeness (QED) is 0.688. The molecule has 2 atom stereocenters. The van der Waals surface area contributed by atoms with Crippen LogP contribution in [0, 0.1) is 5.92 Å². The van der Waals surface area contributed by atoms with E-state index in [1.165, 1.54) is 0 Å². The van der Waals surface area contributed by atoms with Crippen molar-refractivity contribution >= 4 is 5.91 Å².